The zero-order chi connectivity index (χ0) is 21.8. The summed E-state index contributed by atoms with van der Waals surface area (Å²) in [6.45, 7) is 6.54. The van der Waals surface area contributed by atoms with E-state index in [2.05, 4.69) is 5.32 Å². The molecule has 160 valence electrons. The van der Waals surface area contributed by atoms with Gasteiger partial charge in [-0.1, -0.05) is 0 Å². The number of piperidine rings is 1. The summed E-state index contributed by atoms with van der Waals surface area (Å²) in [6, 6.07) is 5.40. The fraction of sp³-hybridized carbons (Fsp3) is 0.409. The van der Waals surface area contributed by atoms with Gasteiger partial charge in [-0.3, -0.25) is 9.59 Å². The number of likely N-dealkylation sites (tertiary alicyclic amines) is 1. The van der Waals surface area contributed by atoms with Crippen LogP contribution in [0, 0.1) is 25.6 Å². The number of nitrogens with one attached hydrogen (secondary N) is 1. The van der Waals surface area contributed by atoms with Gasteiger partial charge >= 0.3 is 5.97 Å². The van der Waals surface area contributed by atoms with Crippen molar-refractivity contribution in [2.24, 2.45) is 5.92 Å². The average molecular weight is 433 g/mol. The Bertz CT molecular complexity index is 955. The van der Waals surface area contributed by atoms with E-state index in [4.69, 9.17) is 4.74 Å². The molecule has 0 aliphatic carbocycles. The Kier molecular flexibility index (Phi) is 6.87. The molecule has 1 atom stereocenters. The number of ether oxygens (including phenoxy) is 1. The van der Waals surface area contributed by atoms with Crippen LogP contribution in [-0.4, -0.2) is 42.4 Å². The molecule has 1 fully saturated rings. The highest BCUT2D eigenvalue weighted by Gasteiger charge is 2.30. The molecule has 2 aromatic rings. The Hall–Kier alpha value is -2.74. The van der Waals surface area contributed by atoms with Gasteiger partial charge in [-0.05, 0) is 63.4 Å². The first-order chi connectivity index (χ1) is 14.3. The number of esters is 1. The number of halogens is 1. The van der Waals surface area contributed by atoms with Crippen LogP contribution in [0.2, 0.25) is 0 Å². The van der Waals surface area contributed by atoms with E-state index in [-0.39, 0.29) is 30.9 Å². The molecule has 1 aromatic heterocycles. The van der Waals surface area contributed by atoms with Crippen molar-refractivity contribution in [1.29, 1.82) is 0 Å². The van der Waals surface area contributed by atoms with Gasteiger partial charge < -0.3 is 15.0 Å². The summed E-state index contributed by atoms with van der Waals surface area (Å²) >= 11 is 1.34. The van der Waals surface area contributed by atoms with Gasteiger partial charge in [0.2, 0.25) is 5.91 Å². The van der Waals surface area contributed by atoms with E-state index >= 15 is 0 Å². The number of carbonyl (C=O) groups is 3. The number of rotatable bonds is 5. The second-order valence-electron chi connectivity index (χ2n) is 7.29. The van der Waals surface area contributed by atoms with Crippen LogP contribution >= 0.6 is 11.3 Å². The van der Waals surface area contributed by atoms with E-state index in [1.807, 2.05) is 13.8 Å². The fourth-order valence-corrected chi connectivity index (χ4v) is 4.58. The SMILES string of the molecule is CCOC(=O)c1c(NC(=O)[C@@H]2CCCN(C(=O)c3ccc(F)cc3)C2)sc(C)c1C. The highest BCUT2D eigenvalue weighted by molar-refractivity contribution is 7.16. The van der Waals surface area contributed by atoms with Crippen LogP contribution in [0.15, 0.2) is 24.3 Å². The number of aryl methyl sites for hydroxylation is 1. The minimum atomic E-state index is -0.452. The fourth-order valence-electron chi connectivity index (χ4n) is 3.53. The van der Waals surface area contributed by atoms with Crippen LogP contribution in [0.4, 0.5) is 9.39 Å². The number of carbonyl (C=O) groups excluding carboxylic acids is 3. The first-order valence-corrected chi connectivity index (χ1v) is 10.8. The lowest BCUT2D eigenvalue weighted by Crippen LogP contribution is -2.43. The maximum Gasteiger partial charge on any atom is 0.341 e. The summed E-state index contributed by atoms with van der Waals surface area (Å²) in [4.78, 5) is 40.5. The van der Waals surface area contributed by atoms with Crippen LogP contribution in [0.1, 0.15) is 50.9 Å². The predicted molar refractivity (Wildman–Crippen MR) is 113 cm³/mol. The van der Waals surface area contributed by atoms with Crippen molar-refractivity contribution < 1.29 is 23.5 Å². The maximum absolute atomic E-state index is 13.1. The molecule has 1 aliphatic rings. The van der Waals surface area contributed by atoms with Crippen LogP contribution < -0.4 is 5.32 Å². The average Bonchev–Trinajstić information content (AvgIpc) is 3.01. The van der Waals surface area contributed by atoms with Gasteiger partial charge in [-0.15, -0.1) is 11.3 Å². The molecule has 8 heteroatoms. The van der Waals surface area contributed by atoms with Crippen LogP contribution in [0.25, 0.3) is 0 Å². The largest absolute Gasteiger partial charge is 0.462 e. The summed E-state index contributed by atoms with van der Waals surface area (Å²) in [5.74, 6) is -1.69. The topological polar surface area (TPSA) is 75.7 Å². The second kappa shape index (κ2) is 9.38. The molecule has 1 aromatic carbocycles. The number of amides is 2. The Balaban J connectivity index is 1.72. The van der Waals surface area contributed by atoms with E-state index in [9.17, 15) is 18.8 Å². The third-order valence-electron chi connectivity index (χ3n) is 5.27. The van der Waals surface area contributed by atoms with Crippen molar-refractivity contribution in [2.75, 3.05) is 25.0 Å². The molecular formula is C22H25FN2O4S. The first kappa shape index (κ1) is 22.0. The molecule has 0 radical (unpaired) electrons. The molecule has 1 saturated heterocycles. The molecule has 0 bridgehead atoms. The third-order valence-corrected chi connectivity index (χ3v) is 6.39. The van der Waals surface area contributed by atoms with Crippen molar-refractivity contribution in [2.45, 2.75) is 33.6 Å². The van der Waals surface area contributed by atoms with E-state index in [0.717, 1.165) is 10.4 Å². The number of anilines is 1. The zero-order valence-corrected chi connectivity index (χ0v) is 18.1. The Morgan fingerprint density at radius 2 is 1.93 bits per heavy atom. The molecule has 0 saturated carbocycles. The van der Waals surface area contributed by atoms with E-state index in [1.165, 1.54) is 35.6 Å². The van der Waals surface area contributed by atoms with Gasteiger partial charge in [0.05, 0.1) is 18.1 Å². The predicted octanol–water partition coefficient (Wildman–Crippen LogP) is 4.17. The first-order valence-electron chi connectivity index (χ1n) is 9.94. The highest BCUT2D eigenvalue weighted by Crippen LogP contribution is 2.34. The van der Waals surface area contributed by atoms with Crippen molar-refractivity contribution in [1.82, 2.24) is 4.90 Å². The molecule has 1 N–H and O–H groups in total. The van der Waals surface area contributed by atoms with Crippen molar-refractivity contribution in [3.05, 3.63) is 51.7 Å². The molecular weight excluding hydrogens is 407 g/mol. The Morgan fingerprint density at radius 1 is 1.23 bits per heavy atom. The van der Waals surface area contributed by atoms with Gasteiger partial charge in [0.1, 0.15) is 10.8 Å². The molecule has 30 heavy (non-hydrogen) atoms. The third kappa shape index (κ3) is 4.70. The van der Waals surface area contributed by atoms with E-state index in [0.29, 0.717) is 35.5 Å². The van der Waals surface area contributed by atoms with Gasteiger partial charge in [-0.25, -0.2) is 9.18 Å². The van der Waals surface area contributed by atoms with Crippen molar-refractivity contribution >= 4 is 34.1 Å². The molecule has 2 heterocycles. The van der Waals surface area contributed by atoms with Gasteiger partial charge in [-0.2, -0.15) is 0 Å². The van der Waals surface area contributed by atoms with E-state index in [1.54, 1.807) is 11.8 Å². The number of hydrogen-bond acceptors (Lipinski definition) is 5. The Morgan fingerprint density at radius 3 is 2.60 bits per heavy atom. The van der Waals surface area contributed by atoms with Gasteiger partial charge in [0.15, 0.2) is 0 Å². The lowest BCUT2D eigenvalue weighted by Gasteiger charge is -2.32. The number of hydrogen-bond donors (Lipinski definition) is 1. The molecule has 0 unspecified atom stereocenters. The monoisotopic (exact) mass is 432 g/mol. The minimum absolute atomic E-state index is 0.220. The second-order valence-corrected chi connectivity index (χ2v) is 8.52. The summed E-state index contributed by atoms with van der Waals surface area (Å²) in [5.41, 5.74) is 1.58. The van der Waals surface area contributed by atoms with Crippen LogP contribution in [0.5, 0.6) is 0 Å². The molecule has 1 aliphatic heterocycles. The lowest BCUT2D eigenvalue weighted by molar-refractivity contribution is -0.121. The lowest BCUT2D eigenvalue weighted by atomic mass is 9.96. The summed E-state index contributed by atoms with van der Waals surface area (Å²) in [7, 11) is 0. The number of benzene rings is 1. The van der Waals surface area contributed by atoms with Crippen molar-refractivity contribution in [3.63, 3.8) is 0 Å². The summed E-state index contributed by atoms with van der Waals surface area (Å²) < 4.78 is 18.3. The van der Waals surface area contributed by atoms with E-state index < -0.39 is 11.8 Å². The normalized spacial score (nSPS) is 16.3. The van der Waals surface area contributed by atoms with Crippen LogP contribution in [-0.2, 0) is 9.53 Å². The summed E-state index contributed by atoms with van der Waals surface area (Å²) in [5, 5.41) is 3.36. The molecule has 2 amide bonds. The quantitative estimate of drug-likeness (QED) is 0.720. The Labute approximate surface area is 179 Å². The standard InChI is InChI=1S/C22H25FN2O4S/c1-4-29-22(28)18-13(2)14(3)30-20(18)24-19(26)16-6-5-11-25(12-16)21(27)15-7-9-17(23)10-8-15/h7-10,16H,4-6,11-12H2,1-3H3,(H,24,26)/t16-/m1/s1. The van der Waals surface area contributed by atoms with Crippen molar-refractivity contribution in [3.8, 4) is 0 Å². The smallest absolute Gasteiger partial charge is 0.341 e. The van der Waals surface area contributed by atoms with Crippen LogP contribution in [0.3, 0.4) is 0 Å². The maximum atomic E-state index is 13.1. The molecule has 0 spiro atoms. The summed E-state index contributed by atoms with van der Waals surface area (Å²) in [6.07, 6.45) is 1.34. The number of nitrogens with zero attached hydrogens (tertiary/aromatic N) is 1. The molecule has 6 nitrogen and oxygen atoms in total. The zero-order valence-electron chi connectivity index (χ0n) is 17.3. The number of thiophene rings is 1. The van der Waals surface area contributed by atoms with Gasteiger partial charge in [0.25, 0.3) is 5.91 Å². The minimum Gasteiger partial charge on any atom is -0.462 e. The molecule has 3 rings (SSSR count). The van der Waals surface area contributed by atoms with Gasteiger partial charge in [0, 0.05) is 23.5 Å². The highest BCUT2D eigenvalue weighted by atomic mass is 32.1.